The van der Waals surface area contributed by atoms with Gasteiger partial charge >= 0.3 is 5.97 Å². The van der Waals surface area contributed by atoms with Crippen LogP contribution in [0.3, 0.4) is 0 Å². The molecule has 0 amide bonds. The van der Waals surface area contributed by atoms with Crippen molar-refractivity contribution in [1.29, 1.82) is 0 Å². The van der Waals surface area contributed by atoms with Crippen LogP contribution in [0.1, 0.15) is 46.7 Å². The molecular weight excluding hydrogens is 284 g/mol. The predicted octanol–water partition coefficient (Wildman–Crippen LogP) is 3.56. The lowest BCUT2D eigenvalue weighted by Crippen LogP contribution is -2.20. The molecule has 2 rings (SSSR count). The lowest BCUT2D eigenvalue weighted by Gasteiger charge is -2.16. The number of methoxy groups -OCH3 is 1. The van der Waals surface area contributed by atoms with E-state index >= 15 is 0 Å². The minimum atomic E-state index is -0.357. The Morgan fingerprint density at radius 2 is 2.29 bits per heavy atom. The number of nitrogens with one attached hydrogen (secondary N) is 1. The number of aromatic nitrogens is 1. The first-order valence-electron chi connectivity index (χ1n) is 7.04. The first kappa shape index (κ1) is 15.7. The monoisotopic (exact) mass is 304 g/mol. The summed E-state index contributed by atoms with van der Waals surface area (Å²) in [4.78, 5) is 17.0. The quantitative estimate of drug-likeness (QED) is 0.795. The zero-order valence-corrected chi connectivity index (χ0v) is 13.2. The number of hydrogen-bond acceptors (Lipinski definition) is 5. The van der Waals surface area contributed by atoms with Gasteiger partial charge in [-0.15, -0.1) is 11.3 Å². The molecule has 112 valence electrons. The second kappa shape index (κ2) is 7.90. The molecule has 0 aromatic carbocycles. The average molecular weight is 304 g/mol. The summed E-state index contributed by atoms with van der Waals surface area (Å²) in [6, 6.07) is 8.20. The van der Waals surface area contributed by atoms with E-state index < -0.39 is 0 Å². The van der Waals surface area contributed by atoms with Crippen molar-refractivity contribution in [2.24, 2.45) is 0 Å². The smallest absolute Gasteiger partial charge is 0.339 e. The molecule has 0 aliphatic carbocycles. The fraction of sp³-hybridized carbons (Fsp3) is 0.375. The van der Waals surface area contributed by atoms with Gasteiger partial charge in [-0.1, -0.05) is 19.4 Å². The Morgan fingerprint density at radius 3 is 2.86 bits per heavy atom. The van der Waals surface area contributed by atoms with E-state index in [0.29, 0.717) is 18.2 Å². The molecule has 0 fully saturated rings. The van der Waals surface area contributed by atoms with Gasteiger partial charge in [0.25, 0.3) is 0 Å². The van der Waals surface area contributed by atoms with Crippen molar-refractivity contribution < 1.29 is 9.53 Å². The van der Waals surface area contributed by atoms with E-state index in [1.165, 1.54) is 12.0 Å². The number of ether oxygens (including phenoxy) is 1. The van der Waals surface area contributed by atoms with Crippen LogP contribution in [0.5, 0.6) is 0 Å². The number of hydrogen-bond donors (Lipinski definition) is 1. The highest BCUT2D eigenvalue weighted by molar-refractivity contribution is 7.10. The summed E-state index contributed by atoms with van der Waals surface area (Å²) in [6.45, 7) is 2.87. The van der Waals surface area contributed by atoms with Crippen LogP contribution >= 0.6 is 11.3 Å². The molecule has 2 aromatic heterocycles. The van der Waals surface area contributed by atoms with Crippen LogP contribution in [-0.2, 0) is 11.3 Å². The number of pyridine rings is 1. The van der Waals surface area contributed by atoms with Gasteiger partial charge in [-0.05, 0) is 30.0 Å². The molecule has 1 atom stereocenters. The lowest BCUT2D eigenvalue weighted by atomic mass is 10.1. The molecular formula is C16H20N2O2S. The zero-order chi connectivity index (χ0) is 15.1. The van der Waals surface area contributed by atoms with Crippen LogP contribution in [0.25, 0.3) is 0 Å². The first-order valence-corrected chi connectivity index (χ1v) is 7.92. The highest BCUT2D eigenvalue weighted by atomic mass is 32.1. The van der Waals surface area contributed by atoms with Gasteiger partial charge in [0.05, 0.1) is 18.4 Å². The minimum absolute atomic E-state index is 0.357. The Hall–Kier alpha value is -1.72. The van der Waals surface area contributed by atoms with Crippen LogP contribution in [0.4, 0.5) is 0 Å². The maximum absolute atomic E-state index is 11.4. The molecule has 0 aliphatic rings. The number of carbonyl (C=O) groups excluding carboxylic acids is 1. The fourth-order valence-corrected chi connectivity index (χ4v) is 2.96. The van der Waals surface area contributed by atoms with Crippen LogP contribution < -0.4 is 5.32 Å². The van der Waals surface area contributed by atoms with E-state index in [9.17, 15) is 4.79 Å². The maximum atomic E-state index is 11.4. The second-order valence-corrected chi connectivity index (χ2v) is 5.75. The van der Waals surface area contributed by atoms with E-state index in [-0.39, 0.29) is 5.97 Å². The van der Waals surface area contributed by atoms with Crippen LogP contribution in [-0.4, -0.2) is 18.1 Å². The van der Waals surface area contributed by atoms with Gasteiger partial charge in [-0.25, -0.2) is 4.79 Å². The van der Waals surface area contributed by atoms with Crippen molar-refractivity contribution in [3.8, 4) is 0 Å². The SMILES string of the molecule is CCCC(NCc1ccc(C(=O)OC)cn1)c1cccs1. The number of rotatable bonds is 7. The fourth-order valence-electron chi connectivity index (χ4n) is 2.12. The topological polar surface area (TPSA) is 51.2 Å². The van der Waals surface area contributed by atoms with Crippen LogP contribution in [0, 0.1) is 0 Å². The number of thiophene rings is 1. The summed E-state index contributed by atoms with van der Waals surface area (Å²) in [7, 11) is 1.37. The van der Waals surface area contributed by atoms with Gasteiger partial charge in [0.2, 0.25) is 0 Å². The Kier molecular flexibility index (Phi) is 5.90. The summed E-state index contributed by atoms with van der Waals surface area (Å²) in [6.07, 6.45) is 3.79. The van der Waals surface area contributed by atoms with Gasteiger partial charge < -0.3 is 10.1 Å². The van der Waals surface area contributed by atoms with Crippen LogP contribution in [0.15, 0.2) is 35.8 Å². The molecule has 0 radical (unpaired) electrons. The molecule has 0 saturated heterocycles. The molecule has 5 heteroatoms. The molecule has 0 spiro atoms. The van der Waals surface area contributed by atoms with Crippen molar-refractivity contribution in [1.82, 2.24) is 10.3 Å². The number of nitrogens with zero attached hydrogens (tertiary/aromatic N) is 1. The van der Waals surface area contributed by atoms with Gasteiger partial charge in [0, 0.05) is 23.7 Å². The maximum Gasteiger partial charge on any atom is 0.339 e. The minimum Gasteiger partial charge on any atom is -0.465 e. The second-order valence-electron chi connectivity index (χ2n) is 4.77. The van der Waals surface area contributed by atoms with E-state index in [1.54, 1.807) is 23.6 Å². The third kappa shape index (κ3) is 4.37. The number of esters is 1. The van der Waals surface area contributed by atoms with E-state index in [1.807, 2.05) is 6.07 Å². The molecule has 1 unspecified atom stereocenters. The summed E-state index contributed by atoms with van der Waals surface area (Å²) >= 11 is 1.77. The summed E-state index contributed by atoms with van der Waals surface area (Å²) in [5.41, 5.74) is 1.39. The van der Waals surface area contributed by atoms with E-state index in [0.717, 1.165) is 18.5 Å². The molecule has 4 nitrogen and oxygen atoms in total. The predicted molar refractivity (Wildman–Crippen MR) is 84.4 cm³/mol. The Balaban J connectivity index is 1.96. The standard InChI is InChI=1S/C16H20N2O2S/c1-3-5-14(15-6-4-9-21-15)18-11-13-8-7-12(10-17-13)16(19)20-2/h4,6-10,14,18H,3,5,11H2,1-2H3. The highest BCUT2D eigenvalue weighted by Crippen LogP contribution is 2.23. The van der Waals surface area contributed by atoms with Crippen molar-refractivity contribution in [3.63, 3.8) is 0 Å². The van der Waals surface area contributed by atoms with Gasteiger partial charge in [0.1, 0.15) is 0 Å². The van der Waals surface area contributed by atoms with Gasteiger partial charge in [-0.2, -0.15) is 0 Å². The van der Waals surface area contributed by atoms with Crippen LogP contribution in [0.2, 0.25) is 0 Å². The van der Waals surface area contributed by atoms with Gasteiger partial charge in [-0.3, -0.25) is 4.98 Å². The summed E-state index contributed by atoms with van der Waals surface area (Å²) in [5, 5.41) is 5.63. The van der Waals surface area contributed by atoms with Crippen molar-refractivity contribution in [2.45, 2.75) is 32.4 Å². The molecule has 0 saturated carbocycles. The molecule has 21 heavy (non-hydrogen) atoms. The average Bonchev–Trinajstić information content (AvgIpc) is 3.05. The van der Waals surface area contributed by atoms with Crippen molar-refractivity contribution in [2.75, 3.05) is 7.11 Å². The van der Waals surface area contributed by atoms with Crippen molar-refractivity contribution >= 4 is 17.3 Å². The van der Waals surface area contributed by atoms with Crippen molar-refractivity contribution in [3.05, 3.63) is 52.0 Å². The third-order valence-corrected chi connectivity index (χ3v) is 4.23. The molecule has 2 aromatic rings. The third-order valence-electron chi connectivity index (χ3n) is 3.24. The summed E-state index contributed by atoms with van der Waals surface area (Å²) in [5.74, 6) is -0.357. The Labute approximate surface area is 129 Å². The Bertz CT molecular complexity index is 552. The molecule has 1 N–H and O–H groups in total. The molecule has 2 heterocycles. The highest BCUT2D eigenvalue weighted by Gasteiger charge is 2.11. The van der Waals surface area contributed by atoms with E-state index in [2.05, 4.69) is 39.5 Å². The lowest BCUT2D eigenvalue weighted by molar-refractivity contribution is 0.0600. The summed E-state index contributed by atoms with van der Waals surface area (Å²) < 4.78 is 4.66. The van der Waals surface area contributed by atoms with Gasteiger partial charge in [0.15, 0.2) is 0 Å². The Morgan fingerprint density at radius 1 is 1.43 bits per heavy atom. The normalized spacial score (nSPS) is 12.1. The zero-order valence-electron chi connectivity index (χ0n) is 12.3. The molecule has 0 bridgehead atoms. The molecule has 0 aliphatic heterocycles. The largest absolute Gasteiger partial charge is 0.465 e. The van der Waals surface area contributed by atoms with E-state index in [4.69, 9.17) is 0 Å². The number of carbonyl (C=O) groups is 1. The first-order chi connectivity index (χ1) is 10.2.